The molecule has 0 atom stereocenters. The standard InChI is InChI=1S/C16H15N3O6S2/c1-19(2)27(20,21)14-6-4-11(24-14)8-26-16-18-17-15(25-16)10-3-5-12-13(7-10)23-9-22-12/h3-7H,8-9H2,1-2H3. The lowest BCUT2D eigenvalue weighted by atomic mass is 10.2. The highest BCUT2D eigenvalue weighted by Gasteiger charge is 2.22. The van der Waals surface area contributed by atoms with Gasteiger partial charge in [0.25, 0.3) is 15.2 Å². The van der Waals surface area contributed by atoms with E-state index in [-0.39, 0.29) is 11.9 Å². The number of rotatable bonds is 6. The fourth-order valence-corrected chi connectivity index (χ4v) is 3.77. The number of nitrogens with zero attached hydrogens (tertiary/aromatic N) is 3. The van der Waals surface area contributed by atoms with Crippen molar-refractivity contribution < 1.29 is 26.7 Å². The fraction of sp³-hybridized carbons (Fsp3) is 0.250. The van der Waals surface area contributed by atoms with Crippen molar-refractivity contribution >= 4 is 21.8 Å². The Bertz CT molecular complexity index is 1070. The van der Waals surface area contributed by atoms with Gasteiger partial charge < -0.3 is 18.3 Å². The van der Waals surface area contributed by atoms with Crippen molar-refractivity contribution in [2.24, 2.45) is 0 Å². The van der Waals surface area contributed by atoms with Crippen LogP contribution in [0.1, 0.15) is 5.76 Å². The van der Waals surface area contributed by atoms with Gasteiger partial charge in [-0.15, -0.1) is 10.2 Å². The Kier molecular flexibility index (Phi) is 4.58. The van der Waals surface area contributed by atoms with Crippen LogP contribution in [-0.2, 0) is 15.8 Å². The highest BCUT2D eigenvalue weighted by atomic mass is 32.2. The molecule has 4 rings (SSSR count). The van der Waals surface area contributed by atoms with Crippen LogP contribution in [0.4, 0.5) is 0 Å². The van der Waals surface area contributed by atoms with Crippen LogP contribution in [0.5, 0.6) is 11.5 Å². The van der Waals surface area contributed by atoms with Gasteiger partial charge in [0.05, 0.1) is 5.75 Å². The average molecular weight is 409 g/mol. The molecule has 1 aromatic carbocycles. The van der Waals surface area contributed by atoms with Crippen molar-refractivity contribution in [3.8, 4) is 23.0 Å². The first kappa shape index (κ1) is 17.9. The Morgan fingerprint density at radius 3 is 2.70 bits per heavy atom. The van der Waals surface area contributed by atoms with Crippen molar-refractivity contribution in [2.75, 3.05) is 20.9 Å². The number of furan rings is 1. The minimum atomic E-state index is -3.59. The molecule has 0 bridgehead atoms. The molecule has 0 radical (unpaired) electrons. The third kappa shape index (κ3) is 3.53. The number of hydrogen-bond donors (Lipinski definition) is 0. The van der Waals surface area contributed by atoms with Crippen LogP contribution in [0, 0.1) is 0 Å². The summed E-state index contributed by atoms with van der Waals surface area (Å²) in [6, 6.07) is 8.40. The highest BCUT2D eigenvalue weighted by Crippen LogP contribution is 2.36. The minimum absolute atomic E-state index is 0.102. The minimum Gasteiger partial charge on any atom is -0.454 e. The van der Waals surface area contributed by atoms with Crippen LogP contribution < -0.4 is 9.47 Å². The number of thioether (sulfide) groups is 1. The maximum absolute atomic E-state index is 12.0. The number of fused-ring (bicyclic) bond motifs is 1. The molecule has 142 valence electrons. The van der Waals surface area contributed by atoms with Gasteiger partial charge in [-0.3, -0.25) is 0 Å². The number of sulfonamides is 1. The predicted molar refractivity (Wildman–Crippen MR) is 95.0 cm³/mol. The molecule has 0 saturated carbocycles. The molecule has 0 aliphatic carbocycles. The number of benzene rings is 1. The second kappa shape index (κ2) is 6.91. The van der Waals surface area contributed by atoms with E-state index in [9.17, 15) is 8.42 Å². The Hall–Kier alpha value is -2.50. The van der Waals surface area contributed by atoms with Crippen molar-refractivity contribution in [2.45, 2.75) is 16.1 Å². The topological polar surface area (TPSA) is 108 Å². The second-order valence-corrected chi connectivity index (χ2v) is 8.75. The maximum Gasteiger partial charge on any atom is 0.277 e. The van der Waals surface area contributed by atoms with Gasteiger partial charge in [-0.05, 0) is 30.3 Å². The zero-order valence-electron chi connectivity index (χ0n) is 14.4. The molecule has 1 aliphatic rings. The zero-order valence-corrected chi connectivity index (χ0v) is 16.0. The highest BCUT2D eigenvalue weighted by molar-refractivity contribution is 7.98. The summed E-state index contributed by atoms with van der Waals surface area (Å²) in [5, 5.41) is 8.26. The van der Waals surface area contributed by atoms with Crippen LogP contribution in [0.3, 0.4) is 0 Å². The van der Waals surface area contributed by atoms with Gasteiger partial charge in [0.2, 0.25) is 17.8 Å². The fourth-order valence-electron chi connectivity index (χ4n) is 2.30. The van der Waals surface area contributed by atoms with Gasteiger partial charge in [-0.2, -0.15) is 0 Å². The summed E-state index contributed by atoms with van der Waals surface area (Å²) >= 11 is 1.25. The molecule has 0 saturated heterocycles. The average Bonchev–Trinajstić information content (AvgIpc) is 3.38. The van der Waals surface area contributed by atoms with Gasteiger partial charge in [-0.1, -0.05) is 11.8 Å². The van der Waals surface area contributed by atoms with E-state index in [4.69, 9.17) is 18.3 Å². The van der Waals surface area contributed by atoms with E-state index < -0.39 is 10.0 Å². The van der Waals surface area contributed by atoms with Crippen molar-refractivity contribution in [1.29, 1.82) is 0 Å². The van der Waals surface area contributed by atoms with Crippen molar-refractivity contribution in [1.82, 2.24) is 14.5 Å². The summed E-state index contributed by atoms with van der Waals surface area (Å²) in [5.41, 5.74) is 0.718. The zero-order chi connectivity index (χ0) is 19.0. The Morgan fingerprint density at radius 1 is 1.07 bits per heavy atom. The summed E-state index contributed by atoms with van der Waals surface area (Å²) in [6.07, 6.45) is 0. The molecule has 27 heavy (non-hydrogen) atoms. The Labute approximate surface area is 159 Å². The monoisotopic (exact) mass is 409 g/mol. The molecule has 0 spiro atoms. The SMILES string of the molecule is CN(C)S(=O)(=O)c1ccc(CSc2nnc(-c3ccc4c(c3)OCO4)o2)o1. The van der Waals surface area contributed by atoms with Crippen LogP contribution in [0.2, 0.25) is 0 Å². The molecular formula is C16H15N3O6S2. The molecule has 0 fully saturated rings. The lowest BCUT2D eigenvalue weighted by Crippen LogP contribution is -2.21. The van der Waals surface area contributed by atoms with Gasteiger partial charge in [0.1, 0.15) is 5.76 Å². The molecule has 11 heteroatoms. The van der Waals surface area contributed by atoms with E-state index in [0.717, 1.165) is 9.87 Å². The Morgan fingerprint density at radius 2 is 1.89 bits per heavy atom. The lowest BCUT2D eigenvalue weighted by Gasteiger charge is -2.07. The first-order valence-electron chi connectivity index (χ1n) is 7.81. The van der Waals surface area contributed by atoms with E-state index in [2.05, 4.69) is 10.2 Å². The molecule has 3 heterocycles. The Balaban J connectivity index is 1.44. The smallest absolute Gasteiger partial charge is 0.277 e. The molecule has 0 N–H and O–H groups in total. The molecular weight excluding hydrogens is 394 g/mol. The summed E-state index contributed by atoms with van der Waals surface area (Å²) < 4.78 is 46.8. The molecule has 2 aromatic heterocycles. The quantitative estimate of drug-likeness (QED) is 0.568. The summed E-state index contributed by atoms with van der Waals surface area (Å²) in [6.45, 7) is 0.193. The van der Waals surface area contributed by atoms with E-state index in [1.807, 2.05) is 0 Å². The van der Waals surface area contributed by atoms with Gasteiger partial charge >= 0.3 is 0 Å². The molecule has 1 aliphatic heterocycles. The van der Waals surface area contributed by atoms with Crippen LogP contribution in [0.15, 0.2) is 49.5 Å². The van der Waals surface area contributed by atoms with E-state index in [1.54, 1.807) is 24.3 Å². The number of ether oxygens (including phenoxy) is 2. The molecule has 0 unspecified atom stereocenters. The van der Waals surface area contributed by atoms with Gasteiger partial charge in [0, 0.05) is 19.7 Å². The van der Waals surface area contributed by atoms with E-state index in [1.165, 1.54) is 31.9 Å². The van der Waals surface area contributed by atoms with E-state index >= 15 is 0 Å². The first-order valence-corrected chi connectivity index (χ1v) is 10.2. The number of hydrogen-bond acceptors (Lipinski definition) is 9. The van der Waals surface area contributed by atoms with Crippen molar-refractivity contribution in [3.05, 3.63) is 36.1 Å². The normalized spacial score (nSPS) is 13.4. The molecule has 3 aromatic rings. The van der Waals surface area contributed by atoms with Crippen LogP contribution in [-0.4, -0.2) is 43.8 Å². The molecule has 9 nitrogen and oxygen atoms in total. The van der Waals surface area contributed by atoms with Crippen LogP contribution >= 0.6 is 11.8 Å². The van der Waals surface area contributed by atoms with Gasteiger partial charge in [0.15, 0.2) is 11.5 Å². The van der Waals surface area contributed by atoms with Crippen LogP contribution in [0.25, 0.3) is 11.5 Å². The maximum atomic E-state index is 12.0. The van der Waals surface area contributed by atoms with Gasteiger partial charge in [-0.25, -0.2) is 12.7 Å². The number of aromatic nitrogens is 2. The second-order valence-electron chi connectivity index (χ2n) is 5.74. The molecule has 0 amide bonds. The third-order valence-corrected chi connectivity index (χ3v) is 6.27. The third-order valence-electron chi connectivity index (χ3n) is 3.74. The van der Waals surface area contributed by atoms with E-state index in [0.29, 0.717) is 34.1 Å². The summed E-state index contributed by atoms with van der Waals surface area (Å²) in [4.78, 5) is 0. The summed E-state index contributed by atoms with van der Waals surface area (Å²) in [5.74, 6) is 2.50. The van der Waals surface area contributed by atoms with Crippen molar-refractivity contribution in [3.63, 3.8) is 0 Å². The largest absolute Gasteiger partial charge is 0.454 e. The predicted octanol–water partition coefficient (Wildman–Crippen LogP) is 2.60. The lowest BCUT2D eigenvalue weighted by molar-refractivity contribution is 0.174. The first-order chi connectivity index (χ1) is 12.9. The summed E-state index contributed by atoms with van der Waals surface area (Å²) in [7, 11) is -0.698.